The van der Waals surface area contributed by atoms with Gasteiger partial charge in [-0.2, -0.15) is 0 Å². The van der Waals surface area contributed by atoms with E-state index in [9.17, 15) is 4.79 Å². The summed E-state index contributed by atoms with van der Waals surface area (Å²) in [4.78, 5) is 21.1. The molecule has 0 saturated carbocycles. The minimum absolute atomic E-state index is 0.0886. The van der Waals surface area contributed by atoms with Gasteiger partial charge in [-0.1, -0.05) is 18.2 Å². The van der Waals surface area contributed by atoms with Gasteiger partial charge in [-0.3, -0.25) is 14.8 Å². The van der Waals surface area contributed by atoms with E-state index in [0.29, 0.717) is 25.2 Å². The number of ether oxygens (including phenoxy) is 4. The number of aromatic nitrogens is 1. The lowest BCUT2D eigenvalue weighted by molar-refractivity contribution is 0.180. The highest BCUT2D eigenvalue weighted by molar-refractivity contribution is 5.93. The molecule has 1 aliphatic heterocycles. The number of nitrogens with zero attached hydrogens (tertiary/aromatic N) is 3. The molecule has 0 fully saturated rings. The lowest BCUT2D eigenvalue weighted by Crippen LogP contribution is -2.45. The van der Waals surface area contributed by atoms with Gasteiger partial charge in [0, 0.05) is 42.2 Å². The van der Waals surface area contributed by atoms with E-state index in [2.05, 4.69) is 9.88 Å². The summed E-state index contributed by atoms with van der Waals surface area (Å²) in [7, 11) is 6.70. The molecular formula is C32H36N4O5. The average molecular weight is 557 g/mol. The fourth-order valence-electron chi connectivity index (χ4n) is 5.76. The third-order valence-corrected chi connectivity index (χ3v) is 7.80. The van der Waals surface area contributed by atoms with Crippen LogP contribution in [0.1, 0.15) is 22.7 Å². The maximum atomic E-state index is 12.7. The van der Waals surface area contributed by atoms with Crippen LogP contribution in [0.15, 0.2) is 66.9 Å². The second kappa shape index (κ2) is 12.3. The van der Waals surface area contributed by atoms with Crippen LogP contribution >= 0.6 is 0 Å². The van der Waals surface area contributed by atoms with E-state index in [1.54, 1.807) is 39.5 Å². The van der Waals surface area contributed by atoms with Crippen LogP contribution in [-0.4, -0.2) is 64.0 Å². The topological polar surface area (TPSA) is 99.4 Å². The van der Waals surface area contributed by atoms with Crippen LogP contribution in [0.3, 0.4) is 0 Å². The Morgan fingerprint density at radius 3 is 2.41 bits per heavy atom. The van der Waals surface area contributed by atoms with Gasteiger partial charge in [0.15, 0.2) is 0 Å². The van der Waals surface area contributed by atoms with Gasteiger partial charge in [-0.05, 0) is 60.9 Å². The molecule has 41 heavy (non-hydrogen) atoms. The van der Waals surface area contributed by atoms with Crippen molar-refractivity contribution in [1.29, 1.82) is 0 Å². The van der Waals surface area contributed by atoms with E-state index >= 15 is 0 Å². The molecule has 0 bridgehead atoms. The van der Waals surface area contributed by atoms with E-state index < -0.39 is 6.03 Å². The van der Waals surface area contributed by atoms with Crippen LogP contribution in [0.4, 0.5) is 10.5 Å². The van der Waals surface area contributed by atoms with Crippen molar-refractivity contribution in [3.05, 3.63) is 83.6 Å². The lowest BCUT2D eigenvalue weighted by atomic mass is 9.87. The standard InChI is InChI=1S/C32H36N4O5/c1-38-24-9-10-28(39-2)22(18-24)19-27-31-25(29(40-3)11-12-30(31)41-4)13-14-35(27)15-16-36(32(33)37)23-17-21-7-5-6-8-26(21)34-20-23/h5-12,17-18,20,27H,13-16,19H2,1-4H3,(H2,33,37). The first-order valence-corrected chi connectivity index (χ1v) is 13.6. The fraction of sp³-hybridized carbons (Fsp3) is 0.312. The molecule has 1 atom stereocenters. The number of carbonyl (C=O) groups is 1. The first-order chi connectivity index (χ1) is 20.0. The van der Waals surface area contributed by atoms with E-state index in [4.69, 9.17) is 24.7 Å². The number of benzene rings is 3. The zero-order chi connectivity index (χ0) is 28.9. The molecule has 5 rings (SSSR count). The second-order valence-corrected chi connectivity index (χ2v) is 9.92. The largest absolute Gasteiger partial charge is 0.497 e. The van der Waals surface area contributed by atoms with Crippen molar-refractivity contribution in [1.82, 2.24) is 9.88 Å². The number of para-hydroxylation sites is 1. The second-order valence-electron chi connectivity index (χ2n) is 9.92. The molecule has 214 valence electrons. The Labute approximate surface area is 240 Å². The quantitative estimate of drug-likeness (QED) is 0.294. The van der Waals surface area contributed by atoms with Crippen LogP contribution < -0.4 is 29.6 Å². The Morgan fingerprint density at radius 1 is 0.951 bits per heavy atom. The molecule has 9 nitrogen and oxygen atoms in total. The number of fused-ring (bicyclic) bond motifs is 2. The van der Waals surface area contributed by atoms with Gasteiger partial charge < -0.3 is 24.7 Å². The number of nitrogens with two attached hydrogens (primary N) is 1. The lowest BCUT2D eigenvalue weighted by Gasteiger charge is -2.39. The molecule has 2 amide bonds. The molecule has 4 aromatic rings. The molecule has 1 aromatic heterocycles. The molecule has 2 heterocycles. The summed E-state index contributed by atoms with van der Waals surface area (Å²) in [6, 6.07) is 18.9. The van der Waals surface area contributed by atoms with Crippen molar-refractivity contribution in [3.63, 3.8) is 0 Å². The fourth-order valence-corrected chi connectivity index (χ4v) is 5.76. The number of hydrogen-bond acceptors (Lipinski definition) is 7. The molecule has 0 saturated heterocycles. The third kappa shape index (κ3) is 5.71. The number of rotatable bonds is 10. The summed E-state index contributed by atoms with van der Waals surface area (Å²) in [6.45, 7) is 1.73. The number of primary amides is 1. The molecule has 1 unspecified atom stereocenters. The molecule has 2 N–H and O–H groups in total. The van der Waals surface area contributed by atoms with Crippen LogP contribution in [0, 0.1) is 0 Å². The van der Waals surface area contributed by atoms with E-state index in [-0.39, 0.29) is 6.04 Å². The summed E-state index contributed by atoms with van der Waals surface area (Å²) >= 11 is 0. The molecule has 0 radical (unpaired) electrons. The Hall–Kier alpha value is -4.50. The number of urea groups is 1. The van der Waals surface area contributed by atoms with Crippen LogP contribution in [0.5, 0.6) is 23.0 Å². The summed E-state index contributed by atoms with van der Waals surface area (Å²) in [5.74, 6) is 3.16. The van der Waals surface area contributed by atoms with Gasteiger partial charge in [-0.15, -0.1) is 0 Å². The van der Waals surface area contributed by atoms with Crippen molar-refractivity contribution >= 4 is 22.6 Å². The van der Waals surface area contributed by atoms with Crippen molar-refractivity contribution in [2.75, 3.05) is 53.0 Å². The van der Waals surface area contributed by atoms with Crippen LogP contribution in [0.25, 0.3) is 10.9 Å². The third-order valence-electron chi connectivity index (χ3n) is 7.80. The maximum absolute atomic E-state index is 12.7. The Morgan fingerprint density at radius 2 is 1.68 bits per heavy atom. The van der Waals surface area contributed by atoms with Crippen LogP contribution in [0.2, 0.25) is 0 Å². The molecular weight excluding hydrogens is 520 g/mol. The predicted molar refractivity (Wildman–Crippen MR) is 159 cm³/mol. The first kappa shape index (κ1) is 28.0. The molecule has 9 heteroatoms. The summed E-state index contributed by atoms with van der Waals surface area (Å²) in [6.07, 6.45) is 3.10. The smallest absolute Gasteiger partial charge is 0.319 e. The van der Waals surface area contributed by atoms with Crippen molar-refractivity contribution in [3.8, 4) is 23.0 Å². The maximum Gasteiger partial charge on any atom is 0.319 e. The molecule has 3 aromatic carbocycles. The normalized spacial score (nSPS) is 14.8. The molecule has 1 aliphatic rings. The van der Waals surface area contributed by atoms with Crippen LogP contribution in [-0.2, 0) is 12.8 Å². The molecule has 0 spiro atoms. The highest BCUT2D eigenvalue weighted by Gasteiger charge is 2.33. The van der Waals surface area contributed by atoms with Gasteiger partial charge in [0.25, 0.3) is 0 Å². The van der Waals surface area contributed by atoms with Crippen molar-refractivity contribution in [2.45, 2.75) is 18.9 Å². The first-order valence-electron chi connectivity index (χ1n) is 13.6. The van der Waals surface area contributed by atoms with Gasteiger partial charge in [0.1, 0.15) is 23.0 Å². The van der Waals surface area contributed by atoms with Crippen molar-refractivity contribution < 1.29 is 23.7 Å². The molecule has 0 aliphatic carbocycles. The minimum Gasteiger partial charge on any atom is -0.497 e. The number of anilines is 1. The summed E-state index contributed by atoms with van der Waals surface area (Å²) < 4.78 is 22.9. The Bertz CT molecular complexity index is 1540. The van der Waals surface area contributed by atoms with Gasteiger partial charge >= 0.3 is 6.03 Å². The number of methoxy groups -OCH3 is 4. The van der Waals surface area contributed by atoms with Gasteiger partial charge in [0.05, 0.1) is 45.8 Å². The Kier molecular flexibility index (Phi) is 8.45. The zero-order valence-corrected chi connectivity index (χ0v) is 23.9. The number of amides is 2. The van der Waals surface area contributed by atoms with E-state index in [1.807, 2.05) is 60.7 Å². The average Bonchev–Trinajstić information content (AvgIpc) is 3.00. The van der Waals surface area contributed by atoms with E-state index in [1.165, 1.54) is 0 Å². The van der Waals surface area contributed by atoms with Gasteiger partial charge in [-0.25, -0.2) is 4.79 Å². The monoisotopic (exact) mass is 556 g/mol. The predicted octanol–water partition coefficient (Wildman–Crippen LogP) is 5.00. The van der Waals surface area contributed by atoms with Crippen molar-refractivity contribution in [2.24, 2.45) is 5.73 Å². The zero-order valence-electron chi connectivity index (χ0n) is 23.9. The highest BCUT2D eigenvalue weighted by atomic mass is 16.5. The Balaban J connectivity index is 1.51. The highest BCUT2D eigenvalue weighted by Crippen LogP contribution is 2.43. The number of carbonyl (C=O) groups excluding carboxylic acids is 1. The summed E-state index contributed by atoms with van der Waals surface area (Å²) in [5.41, 5.74) is 10.6. The van der Waals surface area contributed by atoms with E-state index in [0.717, 1.165) is 63.6 Å². The summed E-state index contributed by atoms with van der Waals surface area (Å²) in [5, 5.41) is 0.947. The SMILES string of the molecule is COc1ccc(OC)c(CC2c3c(OC)ccc(OC)c3CCN2CCN(C(N)=O)c2cnc3ccccc3c2)c1. The van der Waals surface area contributed by atoms with Gasteiger partial charge in [0.2, 0.25) is 0 Å². The minimum atomic E-state index is -0.523. The number of hydrogen-bond donors (Lipinski definition) is 1. The number of pyridine rings is 1.